The van der Waals surface area contributed by atoms with Gasteiger partial charge in [0.1, 0.15) is 0 Å². The van der Waals surface area contributed by atoms with E-state index in [1.54, 1.807) is 6.92 Å². The van der Waals surface area contributed by atoms with Gasteiger partial charge in [-0.25, -0.2) is 4.79 Å². The molecule has 0 unspecified atom stereocenters. The number of nitrogens with one attached hydrogen (secondary N) is 1. The Morgan fingerprint density at radius 1 is 1.24 bits per heavy atom. The van der Waals surface area contributed by atoms with Crippen LogP contribution in [0.5, 0.6) is 0 Å². The van der Waals surface area contributed by atoms with E-state index in [0.29, 0.717) is 11.4 Å². The Morgan fingerprint density at radius 2 is 1.94 bits per heavy atom. The summed E-state index contributed by atoms with van der Waals surface area (Å²) in [7, 11) is 0. The van der Waals surface area contributed by atoms with Gasteiger partial charge in [0.25, 0.3) is 0 Å². The van der Waals surface area contributed by atoms with E-state index >= 15 is 0 Å². The Kier molecular flexibility index (Phi) is 3.05. The Labute approximate surface area is 98.9 Å². The number of pyridine rings is 1. The Balaban J connectivity index is 2.41. The maximum absolute atomic E-state index is 11.1. The number of para-hydroxylation sites is 1. The van der Waals surface area contributed by atoms with Gasteiger partial charge in [-0.05, 0) is 25.1 Å². The number of anilines is 2. The quantitative estimate of drug-likeness (QED) is 0.847. The number of rotatable bonds is 3. The van der Waals surface area contributed by atoms with E-state index in [0.717, 1.165) is 5.69 Å². The number of carboxylic acid groups (broad SMARTS) is 1. The van der Waals surface area contributed by atoms with Crippen molar-refractivity contribution in [2.45, 2.75) is 6.92 Å². The van der Waals surface area contributed by atoms with Crippen LogP contribution in [0.3, 0.4) is 0 Å². The number of aromatic carboxylic acids is 1. The summed E-state index contributed by atoms with van der Waals surface area (Å²) in [4.78, 5) is 15.2. The van der Waals surface area contributed by atoms with Gasteiger partial charge in [0, 0.05) is 11.9 Å². The smallest absolute Gasteiger partial charge is 0.337 e. The molecule has 0 bridgehead atoms. The van der Waals surface area contributed by atoms with Crippen molar-refractivity contribution in [3.63, 3.8) is 0 Å². The molecule has 86 valence electrons. The number of benzene rings is 1. The number of carbonyl (C=O) groups is 1. The molecule has 0 saturated heterocycles. The summed E-state index contributed by atoms with van der Waals surface area (Å²) in [6.07, 6.45) is 1.50. The summed E-state index contributed by atoms with van der Waals surface area (Å²) in [5.41, 5.74) is 2.26. The van der Waals surface area contributed by atoms with E-state index in [1.165, 1.54) is 12.3 Å². The van der Waals surface area contributed by atoms with Crippen LogP contribution in [0.1, 0.15) is 16.1 Å². The van der Waals surface area contributed by atoms with Gasteiger partial charge in [0.15, 0.2) is 0 Å². The van der Waals surface area contributed by atoms with E-state index < -0.39 is 5.97 Å². The first kappa shape index (κ1) is 11.1. The van der Waals surface area contributed by atoms with Gasteiger partial charge in [-0.3, -0.25) is 4.98 Å². The fourth-order valence-corrected chi connectivity index (χ4v) is 1.57. The topological polar surface area (TPSA) is 62.2 Å². The van der Waals surface area contributed by atoms with Crippen LogP contribution >= 0.6 is 0 Å². The number of hydrogen-bond acceptors (Lipinski definition) is 3. The molecular formula is C13H12N2O2. The van der Waals surface area contributed by atoms with E-state index in [1.807, 2.05) is 30.3 Å². The third kappa shape index (κ3) is 2.42. The number of aryl methyl sites for hydroxylation is 1. The lowest BCUT2D eigenvalue weighted by atomic mass is 10.1. The summed E-state index contributed by atoms with van der Waals surface area (Å²) < 4.78 is 0. The fourth-order valence-electron chi connectivity index (χ4n) is 1.57. The zero-order valence-corrected chi connectivity index (χ0v) is 9.34. The molecule has 0 saturated carbocycles. The van der Waals surface area contributed by atoms with Gasteiger partial charge in [0.05, 0.1) is 16.9 Å². The van der Waals surface area contributed by atoms with Crippen molar-refractivity contribution in [3.8, 4) is 0 Å². The Bertz CT molecular complexity index is 538. The normalized spacial score (nSPS) is 9.94. The molecule has 0 amide bonds. The summed E-state index contributed by atoms with van der Waals surface area (Å²) in [6, 6.07) is 10.9. The molecule has 4 heteroatoms. The molecule has 1 aromatic heterocycles. The molecular weight excluding hydrogens is 216 g/mol. The van der Waals surface area contributed by atoms with Crippen LogP contribution in [0.4, 0.5) is 11.4 Å². The highest BCUT2D eigenvalue weighted by Gasteiger charge is 2.12. The number of aromatic nitrogens is 1. The van der Waals surface area contributed by atoms with Crippen molar-refractivity contribution >= 4 is 17.3 Å². The third-order valence-electron chi connectivity index (χ3n) is 2.41. The largest absolute Gasteiger partial charge is 0.478 e. The molecule has 0 atom stereocenters. The Morgan fingerprint density at radius 3 is 2.59 bits per heavy atom. The lowest BCUT2D eigenvalue weighted by Gasteiger charge is -2.11. The minimum atomic E-state index is -0.964. The molecule has 0 aliphatic carbocycles. The lowest BCUT2D eigenvalue weighted by Crippen LogP contribution is -2.05. The second kappa shape index (κ2) is 4.65. The van der Waals surface area contributed by atoms with Crippen molar-refractivity contribution in [1.29, 1.82) is 0 Å². The molecule has 2 aromatic rings. The van der Waals surface area contributed by atoms with Crippen molar-refractivity contribution in [2.24, 2.45) is 0 Å². The van der Waals surface area contributed by atoms with Crippen LogP contribution in [0.2, 0.25) is 0 Å². The summed E-state index contributed by atoms with van der Waals surface area (Å²) in [5.74, 6) is -0.964. The highest BCUT2D eigenvalue weighted by Crippen LogP contribution is 2.23. The molecule has 2 N–H and O–H groups in total. The van der Waals surface area contributed by atoms with Gasteiger partial charge < -0.3 is 10.4 Å². The fraction of sp³-hybridized carbons (Fsp3) is 0.0769. The molecule has 0 aliphatic rings. The molecule has 4 nitrogen and oxygen atoms in total. The molecule has 1 heterocycles. The van der Waals surface area contributed by atoms with Gasteiger partial charge in [-0.15, -0.1) is 0 Å². The molecule has 0 fully saturated rings. The second-order valence-corrected chi connectivity index (χ2v) is 3.62. The van der Waals surface area contributed by atoms with Gasteiger partial charge in [0.2, 0.25) is 0 Å². The van der Waals surface area contributed by atoms with E-state index in [-0.39, 0.29) is 5.56 Å². The third-order valence-corrected chi connectivity index (χ3v) is 2.41. The van der Waals surface area contributed by atoms with Gasteiger partial charge in [-0.2, -0.15) is 0 Å². The summed E-state index contributed by atoms with van der Waals surface area (Å²) in [5, 5.41) is 12.2. The SMILES string of the molecule is Cc1nccc(C(=O)O)c1Nc1ccccc1. The molecule has 17 heavy (non-hydrogen) atoms. The van der Waals surface area contributed by atoms with E-state index in [4.69, 9.17) is 5.11 Å². The first-order chi connectivity index (χ1) is 8.18. The molecule has 1 aromatic carbocycles. The first-order valence-corrected chi connectivity index (χ1v) is 5.19. The molecule has 0 radical (unpaired) electrons. The van der Waals surface area contributed by atoms with Crippen molar-refractivity contribution < 1.29 is 9.90 Å². The number of nitrogens with zero attached hydrogens (tertiary/aromatic N) is 1. The van der Waals surface area contributed by atoms with Crippen LogP contribution in [0.25, 0.3) is 0 Å². The van der Waals surface area contributed by atoms with Gasteiger partial charge >= 0.3 is 5.97 Å². The van der Waals surface area contributed by atoms with Gasteiger partial charge in [-0.1, -0.05) is 18.2 Å². The first-order valence-electron chi connectivity index (χ1n) is 5.19. The molecule has 0 aliphatic heterocycles. The van der Waals surface area contributed by atoms with Crippen LogP contribution < -0.4 is 5.32 Å². The van der Waals surface area contributed by atoms with E-state index in [9.17, 15) is 4.79 Å². The predicted octanol–water partition coefficient (Wildman–Crippen LogP) is 2.83. The van der Waals surface area contributed by atoms with Crippen molar-refractivity contribution in [3.05, 3.63) is 53.9 Å². The molecule has 0 spiro atoms. The van der Waals surface area contributed by atoms with Crippen molar-refractivity contribution in [2.75, 3.05) is 5.32 Å². The number of hydrogen-bond donors (Lipinski definition) is 2. The van der Waals surface area contributed by atoms with Crippen molar-refractivity contribution in [1.82, 2.24) is 4.98 Å². The summed E-state index contributed by atoms with van der Waals surface area (Å²) in [6.45, 7) is 1.78. The zero-order valence-electron chi connectivity index (χ0n) is 9.34. The van der Waals surface area contributed by atoms with Crippen LogP contribution in [0, 0.1) is 6.92 Å². The maximum atomic E-state index is 11.1. The monoisotopic (exact) mass is 228 g/mol. The predicted molar refractivity (Wildman–Crippen MR) is 65.7 cm³/mol. The molecule has 2 rings (SSSR count). The average molecular weight is 228 g/mol. The zero-order chi connectivity index (χ0) is 12.3. The van der Waals surface area contributed by atoms with E-state index in [2.05, 4.69) is 10.3 Å². The highest BCUT2D eigenvalue weighted by atomic mass is 16.4. The second-order valence-electron chi connectivity index (χ2n) is 3.62. The highest BCUT2D eigenvalue weighted by molar-refractivity contribution is 5.95. The lowest BCUT2D eigenvalue weighted by molar-refractivity contribution is 0.0698. The van der Waals surface area contributed by atoms with Crippen LogP contribution in [-0.2, 0) is 0 Å². The van der Waals surface area contributed by atoms with Crippen LogP contribution in [0.15, 0.2) is 42.6 Å². The standard InChI is InChI=1S/C13H12N2O2/c1-9-12(11(13(16)17)7-8-14-9)15-10-5-3-2-4-6-10/h2-8,15H,1H3,(H,16,17). The maximum Gasteiger partial charge on any atom is 0.337 e. The minimum Gasteiger partial charge on any atom is -0.478 e. The Hall–Kier alpha value is -2.36. The number of carboxylic acids is 1. The minimum absolute atomic E-state index is 0.223. The average Bonchev–Trinajstić information content (AvgIpc) is 2.33. The summed E-state index contributed by atoms with van der Waals surface area (Å²) >= 11 is 0. The van der Waals surface area contributed by atoms with Crippen LogP contribution in [-0.4, -0.2) is 16.1 Å².